The highest BCUT2D eigenvalue weighted by Gasteiger charge is 2.41. The van der Waals surface area contributed by atoms with Crippen molar-refractivity contribution in [2.75, 3.05) is 5.32 Å². The number of anilines is 1. The molecule has 3 rings (SSSR count). The molecule has 16 heavy (non-hydrogen) atoms. The predicted molar refractivity (Wildman–Crippen MR) is 65.7 cm³/mol. The van der Waals surface area contributed by atoms with Gasteiger partial charge in [0.15, 0.2) is 0 Å². The van der Waals surface area contributed by atoms with Crippen molar-refractivity contribution >= 4 is 5.69 Å². The number of aryl methyl sites for hydroxylation is 1. The summed E-state index contributed by atoms with van der Waals surface area (Å²) < 4.78 is 0. The maximum Gasteiger partial charge on any atom is 0.120 e. The molecule has 0 aliphatic heterocycles. The second-order valence-electron chi connectivity index (χ2n) is 5.35. The lowest BCUT2D eigenvalue weighted by molar-refractivity contribution is 0.471. The highest BCUT2D eigenvalue weighted by molar-refractivity contribution is 5.52. The summed E-state index contributed by atoms with van der Waals surface area (Å²) in [6.07, 6.45) is 5.52. The number of hydrogen-bond donors (Lipinski definition) is 2. The van der Waals surface area contributed by atoms with Crippen molar-refractivity contribution in [3.05, 3.63) is 23.8 Å². The summed E-state index contributed by atoms with van der Waals surface area (Å²) >= 11 is 0. The van der Waals surface area contributed by atoms with Crippen LogP contribution in [0.1, 0.15) is 31.2 Å². The minimum absolute atomic E-state index is 0.398. The Labute approximate surface area is 96.7 Å². The third kappa shape index (κ3) is 2.01. The van der Waals surface area contributed by atoms with Crippen LogP contribution in [0.5, 0.6) is 5.75 Å². The fourth-order valence-corrected chi connectivity index (χ4v) is 2.42. The Hall–Kier alpha value is -1.18. The fourth-order valence-electron chi connectivity index (χ4n) is 2.42. The van der Waals surface area contributed by atoms with Crippen molar-refractivity contribution in [1.82, 2.24) is 0 Å². The van der Waals surface area contributed by atoms with Crippen LogP contribution in [0.2, 0.25) is 0 Å². The minimum Gasteiger partial charge on any atom is -0.508 e. The van der Waals surface area contributed by atoms with E-state index in [-0.39, 0.29) is 0 Å². The molecule has 0 heterocycles. The second-order valence-corrected chi connectivity index (χ2v) is 5.35. The van der Waals surface area contributed by atoms with Crippen molar-refractivity contribution in [2.24, 2.45) is 11.8 Å². The second kappa shape index (κ2) is 3.69. The summed E-state index contributed by atoms with van der Waals surface area (Å²) in [5, 5.41) is 13.3. The summed E-state index contributed by atoms with van der Waals surface area (Å²) in [5.41, 5.74) is 2.02. The maximum absolute atomic E-state index is 9.68. The first-order valence-electron chi connectivity index (χ1n) is 6.30. The van der Waals surface area contributed by atoms with E-state index in [1.165, 1.54) is 25.7 Å². The van der Waals surface area contributed by atoms with Gasteiger partial charge >= 0.3 is 0 Å². The highest BCUT2D eigenvalue weighted by atomic mass is 16.3. The molecule has 2 heteroatoms. The molecular formula is C14H19NO. The van der Waals surface area contributed by atoms with Crippen molar-refractivity contribution in [1.29, 1.82) is 0 Å². The van der Waals surface area contributed by atoms with Gasteiger partial charge in [0, 0.05) is 17.8 Å². The Kier molecular flexibility index (Phi) is 2.31. The summed E-state index contributed by atoms with van der Waals surface area (Å²) in [7, 11) is 0. The molecule has 1 aromatic carbocycles. The molecule has 2 aliphatic carbocycles. The van der Waals surface area contributed by atoms with E-state index >= 15 is 0 Å². The highest BCUT2D eigenvalue weighted by Crippen LogP contribution is 2.46. The van der Waals surface area contributed by atoms with Crippen molar-refractivity contribution in [3.8, 4) is 5.75 Å². The number of nitrogens with one attached hydrogen (secondary N) is 1. The average molecular weight is 217 g/mol. The van der Waals surface area contributed by atoms with Crippen LogP contribution in [0.15, 0.2) is 18.2 Å². The first kappa shape index (κ1) is 10.0. The van der Waals surface area contributed by atoms with Crippen molar-refractivity contribution in [2.45, 2.75) is 38.6 Å². The van der Waals surface area contributed by atoms with E-state index in [2.05, 4.69) is 11.4 Å². The molecule has 86 valence electrons. The van der Waals surface area contributed by atoms with Gasteiger partial charge in [-0.3, -0.25) is 0 Å². The molecule has 2 saturated carbocycles. The molecule has 2 nitrogen and oxygen atoms in total. The molecule has 0 saturated heterocycles. The Morgan fingerprint density at radius 1 is 1.19 bits per heavy atom. The van der Waals surface area contributed by atoms with Crippen LogP contribution in [0, 0.1) is 18.8 Å². The Balaban J connectivity index is 1.73. The first-order chi connectivity index (χ1) is 7.74. The van der Waals surface area contributed by atoms with E-state index in [0.29, 0.717) is 11.8 Å². The lowest BCUT2D eigenvalue weighted by atomic mass is 10.1. The van der Waals surface area contributed by atoms with Gasteiger partial charge in [0.25, 0.3) is 0 Å². The molecule has 1 aromatic rings. The number of hydrogen-bond acceptors (Lipinski definition) is 2. The third-order valence-corrected chi connectivity index (χ3v) is 3.80. The maximum atomic E-state index is 9.68. The predicted octanol–water partition coefficient (Wildman–Crippen LogP) is 3.30. The molecule has 0 spiro atoms. The number of aromatic hydroxyl groups is 1. The van der Waals surface area contributed by atoms with E-state index in [0.717, 1.165) is 23.1 Å². The number of phenols is 1. The molecule has 2 aliphatic rings. The van der Waals surface area contributed by atoms with E-state index in [9.17, 15) is 5.11 Å². The van der Waals surface area contributed by atoms with E-state index in [1.807, 2.05) is 19.1 Å². The normalized spacial score (nSPS) is 20.1. The Morgan fingerprint density at radius 3 is 2.31 bits per heavy atom. The molecule has 0 radical (unpaired) electrons. The zero-order valence-corrected chi connectivity index (χ0v) is 9.74. The van der Waals surface area contributed by atoms with Crippen LogP contribution >= 0.6 is 0 Å². The van der Waals surface area contributed by atoms with Gasteiger partial charge in [0.2, 0.25) is 0 Å². The third-order valence-electron chi connectivity index (χ3n) is 3.80. The summed E-state index contributed by atoms with van der Waals surface area (Å²) in [6.45, 7) is 1.93. The molecule has 2 N–H and O–H groups in total. The average Bonchev–Trinajstić information content (AvgIpc) is 3.14. The van der Waals surface area contributed by atoms with Gasteiger partial charge in [-0.25, -0.2) is 0 Å². The molecule has 0 aromatic heterocycles. The zero-order chi connectivity index (χ0) is 11.1. The Morgan fingerprint density at radius 2 is 1.81 bits per heavy atom. The molecular weight excluding hydrogens is 198 g/mol. The Bertz CT molecular complexity index is 382. The van der Waals surface area contributed by atoms with E-state index < -0.39 is 0 Å². The minimum atomic E-state index is 0.398. The summed E-state index contributed by atoms with van der Waals surface area (Å²) in [5.74, 6) is 2.17. The molecule has 0 atom stereocenters. The standard InChI is InChI=1S/C14H19NO/c1-9-2-7-12(8-13(9)16)15-14(10-3-4-10)11-5-6-11/h2,7-8,10-11,14-16H,3-6H2,1H3. The van der Waals surface area contributed by atoms with Crippen LogP contribution in [0.25, 0.3) is 0 Å². The van der Waals surface area contributed by atoms with Crippen molar-refractivity contribution < 1.29 is 5.11 Å². The summed E-state index contributed by atoms with van der Waals surface area (Å²) in [6, 6.07) is 6.57. The van der Waals surface area contributed by atoms with Crippen LogP contribution in [-0.4, -0.2) is 11.1 Å². The molecule has 0 bridgehead atoms. The van der Waals surface area contributed by atoms with Gasteiger partial charge in [-0.1, -0.05) is 6.07 Å². The van der Waals surface area contributed by atoms with Crippen LogP contribution < -0.4 is 5.32 Å². The largest absolute Gasteiger partial charge is 0.508 e. The van der Waals surface area contributed by atoms with Gasteiger partial charge < -0.3 is 10.4 Å². The fraction of sp³-hybridized carbons (Fsp3) is 0.571. The molecule has 0 amide bonds. The van der Waals surface area contributed by atoms with Gasteiger partial charge in [-0.05, 0) is 56.1 Å². The van der Waals surface area contributed by atoms with Gasteiger partial charge in [0.05, 0.1) is 0 Å². The van der Waals surface area contributed by atoms with Gasteiger partial charge in [-0.15, -0.1) is 0 Å². The van der Waals surface area contributed by atoms with Crippen LogP contribution in [-0.2, 0) is 0 Å². The zero-order valence-electron chi connectivity index (χ0n) is 9.74. The number of benzene rings is 1. The van der Waals surface area contributed by atoms with Crippen molar-refractivity contribution in [3.63, 3.8) is 0 Å². The van der Waals surface area contributed by atoms with Gasteiger partial charge in [-0.2, -0.15) is 0 Å². The SMILES string of the molecule is Cc1ccc(NC(C2CC2)C2CC2)cc1O. The molecule has 2 fully saturated rings. The quantitative estimate of drug-likeness (QED) is 0.811. The summed E-state index contributed by atoms with van der Waals surface area (Å²) in [4.78, 5) is 0. The monoisotopic (exact) mass is 217 g/mol. The lowest BCUT2D eigenvalue weighted by Crippen LogP contribution is -2.24. The topological polar surface area (TPSA) is 32.3 Å². The van der Waals surface area contributed by atoms with E-state index in [4.69, 9.17) is 0 Å². The van der Waals surface area contributed by atoms with Crippen LogP contribution in [0.4, 0.5) is 5.69 Å². The first-order valence-corrected chi connectivity index (χ1v) is 6.30. The molecule has 0 unspecified atom stereocenters. The van der Waals surface area contributed by atoms with Gasteiger partial charge in [0.1, 0.15) is 5.75 Å². The lowest BCUT2D eigenvalue weighted by Gasteiger charge is -2.19. The smallest absolute Gasteiger partial charge is 0.120 e. The number of phenolic OH excluding ortho intramolecular Hbond substituents is 1. The van der Waals surface area contributed by atoms with E-state index in [1.54, 1.807) is 0 Å². The van der Waals surface area contributed by atoms with Crippen LogP contribution in [0.3, 0.4) is 0 Å². The number of rotatable bonds is 4.